The van der Waals surface area contributed by atoms with Gasteiger partial charge >= 0.3 is 0 Å². The summed E-state index contributed by atoms with van der Waals surface area (Å²) in [7, 11) is 0. The van der Waals surface area contributed by atoms with E-state index >= 15 is 0 Å². The van der Waals surface area contributed by atoms with E-state index in [0.29, 0.717) is 6.54 Å². The van der Waals surface area contributed by atoms with E-state index < -0.39 is 0 Å². The first kappa shape index (κ1) is 18.5. The molecule has 1 aromatic carbocycles. The molecular weight excluding hydrogens is 274 g/mol. The summed E-state index contributed by atoms with van der Waals surface area (Å²) in [6.07, 6.45) is 7.18. The van der Waals surface area contributed by atoms with Gasteiger partial charge in [-0.15, -0.1) is 0 Å². The van der Waals surface area contributed by atoms with Crippen molar-refractivity contribution in [1.82, 2.24) is 5.32 Å². The van der Waals surface area contributed by atoms with E-state index in [2.05, 4.69) is 39.6 Å². The predicted octanol–water partition coefficient (Wildman–Crippen LogP) is 1.20. The molecule has 0 spiro atoms. The molecule has 0 saturated heterocycles. The number of aliphatic imine (C=N–C) groups is 2. The lowest BCUT2D eigenvalue weighted by molar-refractivity contribution is 0.696. The van der Waals surface area contributed by atoms with Gasteiger partial charge in [0.25, 0.3) is 0 Å². The van der Waals surface area contributed by atoms with Crippen LogP contribution in [-0.4, -0.2) is 51.7 Å². The van der Waals surface area contributed by atoms with Crippen LogP contribution in [0.2, 0.25) is 0 Å². The third-order valence-electron chi connectivity index (χ3n) is 3.15. The van der Waals surface area contributed by atoms with Crippen LogP contribution < -0.4 is 16.8 Å². The van der Waals surface area contributed by atoms with Crippen molar-refractivity contribution in [1.29, 1.82) is 0 Å². The van der Waals surface area contributed by atoms with Gasteiger partial charge in [0.15, 0.2) is 0 Å². The first-order valence-corrected chi connectivity index (χ1v) is 8.07. The van der Waals surface area contributed by atoms with E-state index in [1.165, 1.54) is 0 Å². The summed E-state index contributed by atoms with van der Waals surface area (Å²) in [6, 6.07) is 8.26. The maximum absolute atomic E-state index is 5.46. The number of benzene rings is 1. The number of rotatable bonds is 12. The first-order chi connectivity index (χ1) is 10.9. The second-order valence-electron chi connectivity index (χ2n) is 5.13. The average Bonchev–Trinajstić information content (AvgIpc) is 2.55. The van der Waals surface area contributed by atoms with Crippen molar-refractivity contribution in [2.45, 2.75) is 19.3 Å². The monoisotopic (exact) mass is 303 g/mol. The van der Waals surface area contributed by atoms with Crippen LogP contribution in [0.4, 0.5) is 0 Å². The molecule has 1 rings (SSSR count). The zero-order valence-electron chi connectivity index (χ0n) is 13.4. The van der Waals surface area contributed by atoms with Crippen molar-refractivity contribution in [3.8, 4) is 0 Å². The van der Waals surface area contributed by atoms with Crippen LogP contribution in [0.1, 0.15) is 30.4 Å². The molecule has 0 atom stereocenters. The Labute approximate surface area is 133 Å². The third kappa shape index (κ3) is 9.39. The van der Waals surface area contributed by atoms with E-state index in [0.717, 1.165) is 63.1 Å². The van der Waals surface area contributed by atoms with Crippen LogP contribution in [0.15, 0.2) is 34.3 Å². The molecule has 1 aromatic rings. The highest BCUT2D eigenvalue weighted by Gasteiger charge is 1.90. The van der Waals surface area contributed by atoms with E-state index in [1.807, 2.05) is 12.4 Å². The molecule has 122 valence electrons. The third-order valence-corrected chi connectivity index (χ3v) is 3.15. The fourth-order valence-electron chi connectivity index (χ4n) is 1.90. The van der Waals surface area contributed by atoms with Crippen LogP contribution in [0.3, 0.4) is 0 Å². The normalized spacial score (nSPS) is 11.7. The number of hydrogen-bond acceptors (Lipinski definition) is 5. The molecule has 5 N–H and O–H groups in total. The minimum absolute atomic E-state index is 0.666. The second kappa shape index (κ2) is 13.1. The summed E-state index contributed by atoms with van der Waals surface area (Å²) in [5, 5.41) is 3.21. The molecule has 0 heterocycles. The SMILES string of the molecule is NCCCCCN=Cc1ccc(C=NCCNCCN)cc1. The summed E-state index contributed by atoms with van der Waals surface area (Å²) >= 11 is 0. The molecular formula is C17H29N5. The Morgan fingerprint density at radius 3 is 2.00 bits per heavy atom. The average molecular weight is 303 g/mol. The van der Waals surface area contributed by atoms with Crippen LogP contribution in [0, 0.1) is 0 Å². The molecule has 0 aliphatic carbocycles. The van der Waals surface area contributed by atoms with Gasteiger partial charge in [0.1, 0.15) is 0 Å². The highest BCUT2D eigenvalue weighted by molar-refractivity contribution is 5.84. The maximum atomic E-state index is 5.46. The molecule has 5 nitrogen and oxygen atoms in total. The van der Waals surface area contributed by atoms with Gasteiger partial charge in [-0.1, -0.05) is 30.7 Å². The topological polar surface area (TPSA) is 88.8 Å². The highest BCUT2D eigenvalue weighted by Crippen LogP contribution is 2.01. The van der Waals surface area contributed by atoms with Gasteiger partial charge < -0.3 is 16.8 Å². The van der Waals surface area contributed by atoms with Crippen molar-refractivity contribution >= 4 is 12.4 Å². The summed E-state index contributed by atoms with van der Waals surface area (Å²) in [6.45, 7) is 4.79. The van der Waals surface area contributed by atoms with E-state index in [1.54, 1.807) is 0 Å². The van der Waals surface area contributed by atoms with Crippen molar-refractivity contribution in [3.63, 3.8) is 0 Å². The molecule has 0 unspecified atom stereocenters. The summed E-state index contributed by atoms with van der Waals surface area (Å²) in [4.78, 5) is 8.80. The Morgan fingerprint density at radius 2 is 1.41 bits per heavy atom. The van der Waals surface area contributed by atoms with Crippen molar-refractivity contribution < 1.29 is 0 Å². The Hall–Kier alpha value is -1.56. The number of unbranched alkanes of at least 4 members (excludes halogenated alkanes) is 2. The smallest absolute Gasteiger partial charge is 0.0514 e. The molecule has 0 bridgehead atoms. The predicted molar refractivity (Wildman–Crippen MR) is 96.2 cm³/mol. The summed E-state index contributed by atoms with van der Waals surface area (Å²) < 4.78 is 0. The molecule has 0 aliphatic heterocycles. The van der Waals surface area contributed by atoms with Gasteiger partial charge in [-0.05, 0) is 30.5 Å². The molecule has 0 radical (unpaired) electrons. The zero-order valence-corrected chi connectivity index (χ0v) is 13.4. The number of nitrogens with zero attached hydrogens (tertiary/aromatic N) is 2. The second-order valence-corrected chi connectivity index (χ2v) is 5.13. The standard InChI is InChI=1S/C17H29N5/c18-8-2-1-3-10-21-14-16-4-6-17(7-5-16)15-22-13-12-20-11-9-19/h4-7,14-15,20H,1-3,8-13,18-19H2. The van der Waals surface area contributed by atoms with Crippen LogP contribution in [0.5, 0.6) is 0 Å². The Balaban J connectivity index is 2.24. The maximum Gasteiger partial charge on any atom is 0.0514 e. The minimum atomic E-state index is 0.666. The van der Waals surface area contributed by atoms with Gasteiger partial charge in [-0.3, -0.25) is 9.98 Å². The number of nitrogens with one attached hydrogen (secondary N) is 1. The van der Waals surface area contributed by atoms with Gasteiger partial charge in [-0.25, -0.2) is 0 Å². The van der Waals surface area contributed by atoms with E-state index in [4.69, 9.17) is 11.5 Å². The zero-order chi connectivity index (χ0) is 15.9. The Morgan fingerprint density at radius 1 is 0.773 bits per heavy atom. The lowest BCUT2D eigenvalue weighted by Gasteiger charge is -1.99. The van der Waals surface area contributed by atoms with Crippen molar-refractivity contribution in [2.24, 2.45) is 21.5 Å². The van der Waals surface area contributed by atoms with Crippen molar-refractivity contribution in [2.75, 3.05) is 39.3 Å². The highest BCUT2D eigenvalue weighted by atomic mass is 14.9. The first-order valence-electron chi connectivity index (χ1n) is 8.07. The van der Waals surface area contributed by atoms with E-state index in [-0.39, 0.29) is 0 Å². The van der Waals surface area contributed by atoms with Gasteiger partial charge in [0.2, 0.25) is 0 Å². The van der Waals surface area contributed by atoms with Crippen LogP contribution in [0.25, 0.3) is 0 Å². The van der Waals surface area contributed by atoms with E-state index in [9.17, 15) is 0 Å². The minimum Gasteiger partial charge on any atom is -0.330 e. The van der Waals surface area contributed by atoms with Gasteiger partial charge in [-0.2, -0.15) is 0 Å². The lowest BCUT2D eigenvalue weighted by Crippen LogP contribution is -2.24. The largest absolute Gasteiger partial charge is 0.330 e. The van der Waals surface area contributed by atoms with Crippen molar-refractivity contribution in [3.05, 3.63) is 35.4 Å². The van der Waals surface area contributed by atoms with Crippen LogP contribution >= 0.6 is 0 Å². The number of nitrogens with two attached hydrogens (primary N) is 2. The summed E-state index contributed by atoms with van der Waals surface area (Å²) in [5.41, 5.74) is 13.1. The van der Waals surface area contributed by atoms with Gasteiger partial charge in [0, 0.05) is 38.6 Å². The molecule has 0 amide bonds. The lowest BCUT2D eigenvalue weighted by atomic mass is 10.1. The molecule has 0 aromatic heterocycles. The molecule has 22 heavy (non-hydrogen) atoms. The molecule has 0 aliphatic rings. The Kier molecular flexibility index (Phi) is 11.0. The molecule has 0 fully saturated rings. The Bertz CT molecular complexity index is 384. The summed E-state index contributed by atoms with van der Waals surface area (Å²) in [5.74, 6) is 0. The number of hydrogen-bond donors (Lipinski definition) is 3. The fourth-order valence-corrected chi connectivity index (χ4v) is 1.90. The molecule has 5 heteroatoms. The van der Waals surface area contributed by atoms with Gasteiger partial charge in [0.05, 0.1) is 6.54 Å². The fraction of sp³-hybridized carbons (Fsp3) is 0.529. The quantitative estimate of drug-likeness (QED) is 0.400. The molecule has 0 saturated carbocycles. The van der Waals surface area contributed by atoms with Crippen LogP contribution in [-0.2, 0) is 0 Å².